The molecule has 8 heteroatoms. The molecule has 0 saturated heterocycles. The Morgan fingerprint density at radius 1 is 1.26 bits per heavy atom. The van der Waals surface area contributed by atoms with E-state index in [-0.39, 0.29) is 12.4 Å². The first-order valence-corrected chi connectivity index (χ1v) is 8.61. The van der Waals surface area contributed by atoms with Crippen LogP contribution >= 0.6 is 11.6 Å². The first-order chi connectivity index (χ1) is 13.0. The highest BCUT2D eigenvalue weighted by molar-refractivity contribution is 6.30. The number of carboxylic acid groups (broad SMARTS) is 1. The molecule has 0 spiro atoms. The number of rotatable bonds is 8. The summed E-state index contributed by atoms with van der Waals surface area (Å²) >= 11 is 5.91. The van der Waals surface area contributed by atoms with Gasteiger partial charge in [-0.2, -0.15) is 0 Å². The van der Waals surface area contributed by atoms with Crippen LogP contribution in [0.25, 0.3) is 0 Å². The van der Waals surface area contributed by atoms with Crippen LogP contribution in [0.3, 0.4) is 0 Å². The van der Waals surface area contributed by atoms with E-state index in [1.54, 1.807) is 36.5 Å². The van der Waals surface area contributed by atoms with Crippen molar-refractivity contribution < 1.29 is 19.4 Å². The van der Waals surface area contributed by atoms with Gasteiger partial charge in [0, 0.05) is 31.0 Å². The van der Waals surface area contributed by atoms with Gasteiger partial charge in [-0.15, -0.1) is 0 Å². The average molecular weight is 394 g/mol. The van der Waals surface area contributed by atoms with E-state index in [1.165, 1.54) is 0 Å². The molecule has 1 heterocycles. The minimum Gasteiger partial charge on any atom is -0.492 e. The quantitative estimate of drug-likeness (QED) is 0.693. The Morgan fingerprint density at radius 3 is 2.56 bits per heavy atom. The van der Waals surface area contributed by atoms with Crippen molar-refractivity contribution in [3.63, 3.8) is 0 Å². The molecule has 2 rings (SSSR count). The van der Waals surface area contributed by atoms with Gasteiger partial charge in [0.05, 0.1) is 13.1 Å². The Balaban J connectivity index is 0.00000114. The zero-order valence-electron chi connectivity index (χ0n) is 15.4. The number of carbonyl (C=O) groups excluding carboxylic acids is 1. The van der Waals surface area contributed by atoms with Crippen molar-refractivity contribution in [1.29, 1.82) is 0 Å². The van der Waals surface area contributed by atoms with Gasteiger partial charge in [-0.25, -0.2) is 0 Å². The van der Waals surface area contributed by atoms with Gasteiger partial charge < -0.3 is 14.7 Å². The van der Waals surface area contributed by atoms with Crippen molar-refractivity contribution in [3.8, 4) is 5.75 Å². The standard InChI is InChI=1S/C18H22ClN3O2.CH2O2/c1-21(13-15-6-8-20-9-7-15)14-18(23)22(2)10-11-24-17-5-3-4-16(19)12-17;2-1-3/h3-9,12H,10-11,13-14H2,1-2H3;1H,(H,2,3). The molecule has 1 N–H and O–H groups in total. The summed E-state index contributed by atoms with van der Waals surface area (Å²) in [6.07, 6.45) is 3.51. The zero-order chi connectivity index (χ0) is 20.1. The smallest absolute Gasteiger partial charge is 0.290 e. The minimum absolute atomic E-state index is 0.0567. The lowest BCUT2D eigenvalue weighted by molar-refractivity contribution is -0.131. The van der Waals surface area contributed by atoms with Crippen molar-refractivity contribution in [2.75, 3.05) is 33.8 Å². The fourth-order valence-corrected chi connectivity index (χ4v) is 2.37. The van der Waals surface area contributed by atoms with Gasteiger partial charge in [-0.05, 0) is 42.9 Å². The summed E-state index contributed by atoms with van der Waals surface area (Å²) in [5, 5.41) is 7.52. The second kappa shape index (κ2) is 12.7. The number of ether oxygens (including phenoxy) is 1. The van der Waals surface area contributed by atoms with Crippen molar-refractivity contribution in [3.05, 3.63) is 59.4 Å². The van der Waals surface area contributed by atoms with Gasteiger partial charge >= 0.3 is 0 Å². The largest absolute Gasteiger partial charge is 0.492 e. The Labute approximate surface area is 164 Å². The molecule has 0 atom stereocenters. The number of carbonyl (C=O) groups is 2. The van der Waals surface area contributed by atoms with E-state index in [1.807, 2.05) is 36.2 Å². The molecule has 0 aliphatic heterocycles. The molecule has 7 nitrogen and oxygen atoms in total. The molecule has 146 valence electrons. The number of pyridine rings is 1. The third kappa shape index (κ3) is 9.58. The number of benzene rings is 1. The summed E-state index contributed by atoms with van der Waals surface area (Å²) in [6, 6.07) is 11.1. The lowest BCUT2D eigenvalue weighted by Crippen LogP contribution is -2.38. The van der Waals surface area contributed by atoms with E-state index >= 15 is 0 Å². The van der Waals surface area contributed by atoms with E-state index in [0.717, 1.165) is 5.56 Å². The van der Waals surface area contributed by atoms with Crippen LogP contribution in [0.2, 0.25) is 5.02 Å². The normalized spacial score (nSPS) is 9.93. The molecule has 0 aliphatic rings. The van der Waals surface area contributed by atoms with Crippen molar-refractivity contribution >= 4 is 24.0 Å². The summed E-state index contributed by atoms with van der Waals surface area (Å²) < 4.78 is 5.61. The highest BCUT2D eigenvalue weighted by Crippen LogP contribution is 2.16. The van der Waals surface area contributed by atoms with Crippen molar-refractivity contribution in [2.24, 2.45) is 0 Å². The van der Waals surface area contributed by atoms with E-state index in [2.05, 4.69) is 4.98 Å². The molecule has 1 amide bonds. The van der Waals surface area contributed by atoms with Gasteiger partial charge in [-0.3, -0.25) is 19.5 Å². The zero-order valence-corrected chi connectivity index (χ0v) is 16.2. The molecule has 0 saturated carbocycles. The summed E-state index contributed by atoms with van der Waals surface area (Å²) in [7, 11) is 3.71. The number of hydrogen-bond acceptors (Lipinski definition) is 5. The van der Waals surface area contributed by atoms with Gasteiger partial charge in [0.25, 0.3) is 6.47 Å². The van der Waals surface area contributed by atoms with Crippen molar-refractivity contribution in [1.82, 2.24) is 14.8 Å². The molecule has 1 aromatic heterocycles. The Kier molecular flexibility index (Phi) is 10.5. The van der Waals surface area contributed by atoms with Crippen LogP contribution < -0.4 is 4.74 Å². The van der Waals surface area contributed by atoms with Crippen LogP contribution in [-0.4, -0.2) is 66.1 Å². The minimum atomic E-state index is -0.250. The second-order valence-electron chi connectivity index (χ2n) is 5.75. The Hall–Kier alpha value is -2.64. The summed E-state index contributed by atoms with van der Waals surface area (Å²) in [5.74, 6) is 0.763. The predicted octanol–water partition coefficient (Wildman–Crippen LogP) is 2.40. The topological polar surface area (TPSA) is 83.0 Å². The fourth-order valence-electron chi connectivity index (χ4n) is 2.19. The highest BCUT2D eigenvalue weighted by atomic mass is 35.5. The lowest BCUT2D eigenvalue weighted by Gasteiger charge is -2.22. The molecule has 2 aromatic rings. The predicted molar refractivity (Wildman–Crippen MR) is 104 cm³/mol. The van der Waals surface area contributed by atoms with E-state index in [9.17, 15) is 4.79 Å². The SMILES string of the molecule is CN(CC(=O)N(C)CCOc1cccc(Cl)c1)Cc1ccncc1.O=CO. The summed E-state index contributed by atoms with van der Waals surface area (Å²) in [5.41, 5.74) is 1.13. The molecular weight excluding hydrogens is 370 g/mol. The van der Waals surface area contributed by atoms with Gasteiger partial charge in [0.15, 0.2) is 0 Å². The second-order valence-corrected chi connectivity index (χ2v) is 6.19. The van der Waals surface area contributed by atoms with Gasteiger partial charge in [-0.1, -0.05) is 17.7 Å². The first kappa shape index (κ1) is 22.4. The molecule has 1 aromatic carbocycles. The number of halogens is 1. The van der Waals surface area contributed by atoms with Crippen molar-refractivity contribution in [2.45, 2.75) is 6.54 Å². The number of amides is 1. The third-order valence-electron chi connectivity index (χ3n) is 3.52. The summed E-state index contributed by atoms with van der Waals surface area (Å²) in [4.78, 5) is 28.2. The van der Waals surface area contributed by atoms with Gasteiger partial charge in [0.2, 0.25) is 5.91 Å². The van der Waals surface area contributed by atoms with Gasteiger partial charge in [0.1, 0.15) is 12.4 Å². The van der Waals surface area contributed by atoms with Crippen LogP contribution in [0.4, 0.5) is 0 Å². The number of hydrogen-bond donors (Lipinski definition) is 1. The molecular formula is C19H24ClN3O4. The number of aromatic nitrogens is 1. The lowest BCUT2D eigenvalue weighted by atomic mass is 10.2. The van der Waals surface area contributed by atoms with E-state index in [0.29, 0.717) is 37.0 Å². The maximum atomic E-state index is 12.2. The van der Waals surface area contributed by atoms with E-state index < -0.39 is 0 Å². The summed E-state index contributed by atoms with van der Waals surface area (Å²) in [6.45, 7) is 1.77. The number of nitrogens with zero attached hydrogens (tertiary/aromatic N) is 3. The molecule has 0 unspecified atom stereocenters. The maximum Gasteiger partial charge on any atom is 0.290 e. The van der Waals surface area contributed by atoms with Crippen LogP contribution in [0.5, 0.6) is 5.75 Å². The van der Waals surface area contributed by atoms with Crippen LogP contribution in [-0.2, 0) is 16.1 Å². The maximum absolute atomic E-state index is 12.2. The first-order valence-electron chi connectivity index (χ1n) is 8.24. The van der Waals surface area contributed by atoms with E-state index in [4.69, 9.17) is 26.2 Å². The van der Waals surface area contributed by atoms with Crippen LogP contribution in [0.1, 0.15) is 5.56 Å². The Bertz CT molecular complexity index is 700. The molecule has 0 bridgehead atoms. The molecule has 0 aliphatic carbocycles. The van der Waals surface area contributed by atoms with Crippen LogP contribution in [0, 0.1) is 0 Å². The number of likely N-dealkylation sites (N-methyl/N-ethyl adjacent to an activating group) is 2. The molecule has 0 fully saturated rings. The average Bonchev–Trinajstić information content (AvgIpc) is 2.63. The Morgan fingerprint density at radius 2 is 1.93 bits per heavy atom. The third-order valence-corrected chi connectivity index (χ3v) is 3.76. The fraction of sp³-hybridized carbons (Fsp3) is 0.316. The molecule has 0 radical (unpaired) electrons. The molecule has 27 heavy (non-hydrogen) atoms. The monoisotopic (exact) mass is 393 g/mol. The highest BCUT2D eigenvalue weighted by Gasteiger charge is 2.12. The van der Waals surface area contributed by atoms with Crippen LogP contribution in [0.15, 0.2) is 48.8 Å².